The van der Waals surface area contributed by atoms with Crippen molar-refractivity contribution in [3.8, 4) is 0 Å². The Balaban J connectivity index is 1.86. The van der Waals surface area contributed by atoms with E-state index in [1.165, 1.54) is 0 Å². The van der Waals surface area contributed by atoms with Crippen molar-refractivity contribution in [1.29, 1.82) is 0 Å². The van der Waals surface area contributed by atoms with Crippen LogP contribution in [0.5, 0.6) is 0 Å². The molecule has 1 fully saturated rings. The number of sulfone groups is 1. The fraction of sp³-hybridized carbons (Fsp3) is 0.647. The molecule has 1 aliphatic heterocycles. The Morgan fingerprint density at radius 2 is 1.91 bits per heavy atom. The summed E-state index contributed by atoms with van der Waals surface area (Å²) in [6.45, 7) is 9.37. The van der Waals surface area contributed by atoms with Gasteiger partial charge in [-0.1, -0.05) is 51.1 Å². The zero-order chi connectivity index (χ0) is 16.2. The van der Waals surface area contributed by atoms with E-state index in [-0.39, 0.29) is 23.0 Å². The van der Waals surface area contributed by atoms with Gasteiger partial charge in [-0.05, 0) is 11.0 Å². The lowest BCUT2D eigenvalue weighted by molar-refractivity contribution is -0.0779. The van der Waals surface area contributed by atoms with Crippen LogP contribution < -0.4 is 0 Å². The second-order valence-corrected chi connectivity index (χ2v) is 9.29. The van der Waals surface area contributed by atoms with Crippen molar-refractivity contribution >= 4 is 9.84 Å². The number of hydrogen-bond donors (Lipinski definition) is 0. The maximum atomic E-state index is 12.3. The number of benzene rings is 1. The summed E-state index contributed by atoms with van der Waals surface area (Å²) in [5.74, 6) is 0.333. The summed E-state index contributed by atoms with van der Waals surface area (Å²) in [5, 5.41) is 0. The van der Waals surface area contributed by atoms with Crippen molar-refractivity contribution in [1.82, 2.24) is 4.90 Å². The zero-order valence-corrected chi connectivity index (χ0v) is 14.6. The summed E-state index contributed by atoms with van der Waals surface area (Å²) in [6.07, 6.45) is 0.165. The highest BCUT2D eigenvalue weighted by Gasteiger charge is 2.30. The molecule has 0 saturated carbocycles. The lowest BCUT2D eigenvalue weighted by Gasteiger charge is -2.39. The predicted molar refractivity (Wildman–Crippen MR) is 89.6 cm³/mol. The Bertz CT molecular complexity index is 563. The van der Waals surface area contributed by atoms with Gasteiger partial charge in [0.05, 0.1) is 24.2 Å². The van der Waals surface area contributed by atoms with Crippen LogP contribution in [0.1, 0.15) is 26.3 Å². The van der Waals surface area contributed by atoms with Crippen LogP contribution >= 0.6 is 0 Å². The van der Waals surface area contributed by atoms with Crippen molar-refractivity contribution in [2.75, 3.05) is 32.0 Å². The topological polar surface area (TPSA) is 46.6 Å². The molecule has 22 heavy (non-hydrogen) atoms. The predicted octanol–water partition coefficient (Wildman–Crippen LogP) is 2.35. The largest absolute Gasteiger partial charge is 0.375 e. The van der Waals surface area contributed by atoms with Crippen LogP contribution in [0.2, 0.25) is 0 Å². The Labute approximate surface area is 134 Å². The van der Waals surface area contributed by atoms with Gasteiger partial charge in [0.25, 0.3) is 0 Å². The SMILES string of the molecule is CC(C)(C)C1CN(CCS(=O)(=O)Cc2ccccc2)CCO1. The standard InChI is InChI=1S/C17H27NO3S/c1-17(2,3)16-13-18(9-11-21-16)10-12-22(19,20)14-15-7-5-4-6-8-15/h4-8,16H,9-14H2,1-3H3. The van der Waals surface area contributed by atoms with Gasteiger partial charge in [0, 0.05) is 19.6 Å². The zero-order valence-electron chi connectivity index (χ0n) is 13.8. The molecule has 5 heteroatoms. The molecule has 0 aliphatic carbocycles. The van der Waals surface area contributed by atoms with E-state index in [1.54, 1.807) is 0 Å². The van der Waals surface area contributed by atoms with E-state index in [4.69, 9.17) is 4.74 Å². The van der Waals surface area contributed by atoms with E-state index >= 15 is 0 Å². The van der Waals surface area contributed by atoms with Gasteiger partial charge < -0.3 is 4.74 Å². The Morgan fingerprint density at radius 1 is 1.23 bits per heavy atom. The first kappa shape index (κ1) is 17.4. The average molecular weight is 325 g/mol. The molecule has 0 bridgehead atoms. The molecule has 4 nitrogen and oxygen atoms in total. The van der Waals surface area contributed by atoms with Crippen molar-refractivity contribution in [3.63, 3.8) is 0 Å². The first-order valence-corrected chi connectivity index (χ1v) is 9.67. The lowest BCUT2D eigenvalue weighted by atomic mass is 9.88. The van der Waals surface area contributed by atoms with E-state index in [9.17, 15) is 8.42 Å². The smallest absolute Gasteiger partial charge is 0.155 e. The molecule has 124 valence electrons. The van der Waals surface area contributed by atoms with Gasteiger partial charge in [-0.2, -0.15) is 0 Å². The van der Waals surface area contributed by atoms with Gasteiger partial charge in [0.15, 0.2) is 9.84 Å². The van der Waals surface area contributed by atoms with Crippen molar-refractivity contribution in [3.05, 3.63) is 35.9 Å². The van der Waals surface area contributed by atoms with Crippen LogP contribution in [0.4, 0.5) is 0 Å². The highest BCUT2D eigenvalue weighted by atomic mass is 32.2. The minimum absolute atomic E-state index is 0.0849. The average Bonchev–Trinajstić information content (AvgIpc) is 2.45. The molecular weight excluding hydrogens is 298 g/mol. The summed E-state index contributed by atoms with van der Waals surface area (Å²) >= 11 is 0. The normalized spacial score (nSPS) is 21.0. The first-order valence-electron chi connectivity index (χ1n) is 7.84. The number of nitrogens with zero attached hydrogens (tertiary/aromatic N) is 1. The molecule has 1 heterocycles. The molecular formula is C17H27NO3S. The minimum atomic E-state index is -3.07. The third-order valence-electron chi connectivity index (χ3n) is 4.06. The van der Waals surface area contributed by atoms with Crippen LogP contribution in [0.3, 0.4) is 0 Å². The van der Waals surface area contributed by atoms with Crippen LogP contribution in [-0.4, -0.2) is 51.4 Å². The van der Waals surface area contributed by atoms with Gasteiger partial charge in [0.2, 0.25) is 0 Å². The number of hydrogen-bond acceptors (Lipinski definition) is 4. The van der Waals surface area contributed by atoms with Gasteiger partial charge in [-0.3, -0.25) is 4.90 Å². The van der Waals surface area contributed by atoms with E-state index in [0.29, 0.717) is 13.2 Å². The van der Waals surface area contributed by atoms with Gasteiger partial charge in [-0.15, -0.1) is 0 Å². The van der Waals surface area contributed by atoms with Gasteiger partial charge >= 0.3 is 0 Å². The Kier molecular flexibility index (Phi) is 5.64. The maximum absolute atomic E-state index is 12.3. The summed E-state index contributed by atoms with van der Waals surface area (Å²) < 4.78 is 30.3. The van der Waals surface area contributed by atoms with E-state index < -0.39 is 9.84 Å². The lowest BCUT2D eigenvalue weighted by Crippen LogP contribution is -2.49. The first-order chi connectivity index (χ1) is 10.3. The molecule has 0 spiro atoms. The number of rotatable bonds is 5. The highest BCUT2D eigenvalue weighted by Crippen LogP contribution is 2.25. The fourth-order valence-electron chi connectivity index (χ4n) is 2.60. The molecule has 0 radical (unpaired) electrons. The van der Waals surface area contributed by atoms with Crippen LogP contribution in [0.15, 0.2) is 30.3 Å². The van der Waals surface area contributed by atoms with Crippen LogP contribution in [-0.2, 0) is 20.3 Å². The molecule has 0 aromatic heterocycles. The third kappa shape index (κ3) is 5.38. The molecule has 1 aliphatic rings. The van der Waals surface area contributed by atoms with Crippen LogP contribution in [0, 0.1) is 5.41 Å². The highest BCUT2D eigenvalue weighted by molar-refractivity contribution is 7.90. The molecule has 2 rings (SSSR count). The summed E-state index contributed by atoms with van der Waals surface area (Å²) in [5.41, 5.74) is 0.943. The van der Waals surface area contributed by atoms with Crippen molar-refractivity contribution in [2.24, 2.45) is 5.41 Å². The molecule has 1 atom stereocenters. The van der Waals surface area contributed by atoms with Gasteiger partial charge in [-0.25, -0.2) is 8.42 Å². The van der Waals surface area contributed by atoms with Gasteiger partial charge in [0.1, 0.15) is 0 Å². The number of morpholine rings is 1. The summed E-state index contributed by atoms with van der Waals surface area (Å²) in [6, 6.07) is 9.38. The Morgan fingerprint density at radius 3 is 2.55 bits per heavy atom. The fourth-order valence-corrected chi connectivity index (χ4v) is 3.98. The molecule has 1 unspecified atom stereocenters. The van der Waals surface area contributed by atoms with Crippen molar-refractivity contribution in [2.45, 2.75) is 32.6 Å². The van der Waals surface area contributed by atoms with E-state index in [1.807, 2.05) is 30.3 Å². The Hall–Kier alpha value is -0.910. The molecule has 1 aromatic carbocycles. The monoisotopic (exact) mass is 325 g/mol. The van der Waals surface area contributed by atoms with E-state index in [0.717, 1.165) is 18.7 Å². The second kappa shape index (κ2) is 7.11. The molecule has 0 N–H and O–H groups in total. The summed E-state index contributed by atoms with van der Waals surface area (Å²) in [7, 11) is -3.07. The summed E-state index contributed by atoms with van der Waals surface area (Å²) in [4.78, 5) is 2.21. The minimum Gasteiger partial charge on any atom is -0.375 e. The molecule has 1 aromatic rings. The quantitative estimate of drug-likeness (QED) is 0.834. The number of ether oxygens (including phenoxy) is 1. The molecule has 0 amide bonds. The molecule has 1 saturated heterocycles. The second-order valence-electron chi connectivity index (χ2n) is 7.10. The maximum Gasteiger partial charge on any atom is 0.155 e. The van der Waals surface area contributed by atoms with Crippen LogP contribution in [0.25, 0.3) is 0 Å². The third-order valence-corrected chi connectivity index (χ3v) is 5.64. The van der Waals surface area contributed by atoms with Crippen molar-refractivity contribution < 1.29 is 13.2 Å². The van der Waals surface area contributed by atoms with E-state index in [2.05, 4.69) is 25.7 Å².